The monoisotopic (exact) mass is 378 g/mol. The molecule has 0 atom stereocenters. The van der Waals surface area contributed by atoms with E-state index >= 15 is 0 Å². The van der Waals surface area contributed by atoms with Crippen LogP contribution in [0.2, 0.25) is 0 Å². The third kappa shape index (κ3) is 2.80. The van der Waals surface area contributed by atoms with Crippen LogP contribution in [0.5, 0.6) is 0 Å². The largest absolute Gasteiger partial charge is 0.324 e. The quantitative estimate of drug-likeness (QED) is 0.722. The van der Waals surface area contributed by atoms with E-state index < -0.39 is 0 Å². The molecule has 3 heterocycles. The van der Waals surface area contributed by atoms with Gasteiger partial charge in [-0.25, -0.2) is 9.67 Å². The fourth-order valence-corrected chi connectivity index (χ4v) is 3.79. The van der Waals surface area contributed by atoms with Gasteiger partial charge in [0.15, 0.2) is 5.65 Å². The first-order valence-electron chi connectivity index (χ1n) is 9.78. The van der Waals surface area contributed by atoms with Crippen molar-refractivity contribution < 1.29 is 4.79 Å². The Morgan fingerprint density at radius 2 is 2.18 bits per heavy atom. The summed E-state index contributed by atoms with van der Waals surface area (Å²) in [5.41, 5.74) is 3.65. The number of aromatic nitrogens is 4. The number of nitrogens with zero attached hydrogens (tertiary/aromatic N) is 4. The van der Waals surface area contributed by atoms with E-state index in [1.54, 1.807) is 0 Å². The molecule has 2 aliphatic rings. The molecule has 8 heteroatoms. The lowest BCUT2D eigenvalue weighted by molar-refractivity contribution is 0.0856. The minimum atomic E-state index is -0.224. The molecule has 1 aromatic carbocycles. The van der Waals surface area contributed by atoms with Crippen LogP contribution in [0, 0.1) is 5.92 Å². The fraction of sp³-hybridized carbons (Fsp3) is 0.400. The zero-order valence-electron chi connectivity index (χ0n) is 15.7. The first-order valence-corrected chi connectivity index (χ1v) is 9.78. The van der Waals surface area contributed by atoms with Gasteiger partial charge in [-0.3, -0.25) is 9.59 Å². The van der Waals surface area contributed by atoms with Crippen LogP contribution in [0.4, 0.5) is 11.6 Å². The first kappa shape index (κ1) is 17.1. The molecule has 5 rings (SSSR count). The second-order valence-corrected chi connectivity index (χ2v) is 7.41. The molecule has 0 bridgehead atoms. The van der Waals surface area contributed by atoms with Gasteiger partial charge in [0.05, 0.1) is 0 Å². The number of benzene rings is 1. The van der Waals surface area contributed by atoms with Gasteiger partial charge in [-0.1, -0.05) is 6.07 Å². The van der Waals surface area contributed by atoms with Crippen molar-refractivity contribution in [1.29, 1.82) is 0 Å². The molecule has 8 nitrogen and oxygen atoms in total. The molecule has 144 valence electrons. The zero-order valence-corrected chi connectivity index (χ0v) is 15.7. The Bertz CT molecular complexity index is 1140. The van der Waals surface area contributed by atoms with E-state index in [2.05, 4.69) is 32.7 Å². The number of nitrogens with one attached hydrogen (secondary N) is 2. The molecule has 0 spiro atoms. The predicted octanol–water partition coefficient (Wildman–Crippen LogP) is 2.05. The predicted molar refractivity (Wildman–Crippen MR) is 106 cm³/mol. The lowest BCUT2D eigenvalue weighted by atomic mass is 10.0. The average Bonchev–Trinajstić information content (AvgIpc) is 3.52. The number of hydrogen-bond donors (Lipinski definition) is 2. The van der Waals surface area contributed by atoms with Crippen LogP contribution in [0.1, 0.15) is 35.7 Å². The minimum absolute atomic E-state index is 0.00711. The van der Waals surface area contributed by atoms with E-state index in [0.29, 0.717) is 23.5 Å². The summed E-state index contributed by atoms with van der Waals surface area (Å²) < 4.78 is 2.90. The second kappa shape index (κ2) is 6.56. The Labute approximate surface area is 161 Å². The average molecular weight is 378 g/mol. The van der Waals surface area contributed by atoms with Crippen molar-refractivity contribution in [3.05, 3.63) is 45.9 Å². The number of carbonyl (C=O) groups is 1. The number of fused-ring (bicyclic) bond motifs is 2. The topological polar surface area (TPSA) is 93.8 Å². The molecular weight excluding hydrogens is 356 g/mol. The molecular formula is C20H22N6O2. The molecule has 1 fully saturated rings. The Hall–Kier alpha value is -3.00. The highest BCUT2D eigenvalue weighted by Crippen LogP contribution is 2.31. The summed E-state index contributed by atoms with van der Waals surface area (Å²) in [6.45, 7) is 4.11. The van der Waals surface area contributed by atoms with Crippen LogP contribution in [0.3, 0.4) is 0 Å². The van der Waals surface area contributed by atoms with Crippen LogP contribution in [0.25, 0.3) is 11.0 Å². The first-order chi connectivity index (χ1) is 13.7. The van der Waals surface area contributed by atoms with Gasteiger partial charge in [-0.05, 0) is 56.0 Å². The van der Waals surface area contributed by atoms with E-state index in [0.717, 1.165) is 38.0 Å². The minimum Gasteiger partial charge on any atom is -0.324 e. The molecule has 0 radical (unpaired) electrons. The van der Waals surface area contributed by atoms with Crippen molar-refractivity contribution in [1.82, 2.24) is 24.6 Å². The highest BCUT2D eigenvalue weighted by Gasteiger charge is 2.34. The number of rotatable bonds is 4. The van der Waals surface area contributed by atoms with Gasteiger partial charge in [-0.2, -0.15) is 9.67 Å². The molecule has 0 saturated heterocycles. The Morgan fingerprint density at radius 3 is 2.96 bits per heavy atom. The van der Waals surface area contributed by atoms with E-state index in [-0.39, 0.29) is 17.4 Å². The van der Waals surface area contributed by atoms with Crippen molar-refractivity contribution in [3.63, 3.8) is 0 Å². The number of hydrogen-bond acceptors (Lipinski definition) is 6. The molecule has 0 unspecified atom stereocenters. The molecule has 3 aromatic rings. The summed E-state index contributed by atoms with van der Waals surface area (Å²) in [4.78, 5) is 34.2. The SMILES string of the molecule is CCn1c(=O)c2cnc(Nc3ccc4c(c3)CNCC4)nc2n1C(=O)C1CC1. The summed E-state index contributed by atoms with van der Waals surface area (Å²) in [5, 5.41) is 6.96. The van der Waals surface area contributed by atoms with Crippen LogP contribution < -0.4 is 16.2 Å². The van der Waals surface area contributed by atoms with Gasteiger partial charge in [0, 0.05) is 30.9 Å². The normalized spacial score (nSPS) is 16.2. The maximum absolute atomic E-state index is 12.8. The number of anilines is 2. The van der Waals surface area contributed by atoms with Crippen LogP contribution in [-0.2, 0) is 19.5 Å². The maximum Gasteiger partial charge on any atom is 0.278 e. The lowest BCUT2D eigenvalue weighted by Crippen LogP contribution is -2.27. The highest BCUT2D eigenvalue weighted by molar-refractivity contribution is 5.91. The van der Waals surface area contributed by atoms with Gasteiger partial charge < -0.3 is 10.6 Å². The smallest absolute Gasteiger partial charge is 0.278 e. The summed E-state index contributed by atoms with van der Waals surface area (Å²) >= 11 is 0. The molecule has 1 aliphatic heterocycles. The third-order valence-electron chi connectivity index (χ3n) is 5.46. The third-order valence-corrected chi connectivity index (χ3v) is 5.46. The Morgan fingerprint density at radius 1 is 1.32 bits per heavy atom. The summed E-state index contributed by atoms with van der Waals surface area (Å²) in [7, 11) is 0. The van der Waals surface area contributed by atoms with Crippen LogP contribution >= 0.6 is 0 Å². The standard InChI is InChI=1S/C20H22N6O2/c1-2-25-19(28)16-11-22-20(24-17(16)26(25)18(27)13-3-4-13)23-15-6-5-12-7-8-21-10-14(12)9-15/h5-6,9,11,13,21H,2-4,7-8,10H2,1H3,(H,22,23,24). The number of carbonyl (C=O) groups excluding carboxylic acids is 1. The highest BCUT2D eigenvalue weighted by atomic mass is 16.2. The molecule has 0 amide bonds. The van der Waals surface area contributed by atoms with Crippen molar-refractivity contribution in [3.8, 4) is 0 Å². The molecule has 2 N–H and O–H groups in total. The molecule has 28 heavy (non-hydrogen) atoms. The van der Waals surface area contributed by atoms with Crippen molar-refractivity contribution in [2.75, 3.05) is 11.9 Å². The zero-order chi connectivity index (χ0) is 19.3. The lowest BCUT2D eigenvalue weighted by Gasteiger charge is -2.18. The van der Waals surface area contributed by atoms with E-state index in [4.69, 9.17) is 0 Å². The Balaban J connectivity index is 1.55. The van der Waals surface area contributed by atoms with Crippen molar-refractivity contribution in [2.45, 2.75) is 39.3 Å². The van der Waals surface area contributed by atoms with E-state index in [9.17, 15) is 9.59 Å². The summed E-state index contributed by atoms with van der Waals surface area (Å²) in [6.07, 6.45) is 4.28. The van der Waals surface area contributed by atoms with Crippen LogP contribution in [0.15, 0.2) is 29.2 Å². The van der Waals surface area contributed by atoms with Gasteiger partial charge in [0.1, 0.15) is 5.39 Å². The molecule has 1 aliphatic carbocycles. The van der Waals surface area contributed by atoms with Gasteiger partial charge >= 0.3 is 0 Å². The van der Waals surface area contributed by atoms with Gasteiger partial charge in [0.25, 0.3) is 5.56 Å². The van der Waals surface area contributed by atoms with Gasteiger partial charge in [0.2, 0.25) is 11.9 Å². The van der Waals surface area contributed by atoms with E-state index in [1.165, 1.54) is 26.7 Å². The van der Waals surface area contributed by atoms with E-state index in [1.807, 2.05) is 13.0 Å². The van der Waals surface area contributed by atoms with Crippen molar-refractivity contribution in [2.24, 2.45) is 5.92 Å². The molecule has 2 aromatic heterocycles. The second-order valence-electron chi connectivity index (χ2n) is 7.41. The molecule has 1 saturated carbocycles. The van der Waals surface area contributed by atoms with Gasteiger partial charge in [-0.15, -0.1) is 0 Å². The van der Waals surface area contributed by atoms with Crippen molar-refractivity contribution >= 4 is 28.6 Å². The summed E-state index contributed by atoms with van der Waals surface area (Å²) in [5.74, 6) is 0.313. The summed E-state index contributed by atoms with van der Waals surface area (Å²) in [6, 6.07) is 6.23. The van der Waals surface area contributed by atoms with Crippen LogP contribution in [-0.4, -0.2) is 31.8 Å². The fourth-order valence-electron chi connectivity index (χ4n) is 3.79. The maximum atomic E-state index is 12.8. The Kier molecular flexibility index (Phi) is 4.01.